The van der Waals surface area contributed by atoms with Gasteiger partial charge >= 0.3 is 0 Å². The van der Waals surface area contributed by atoms with E-state index in [-0.39, 0.29) is 5.60 Å². The Labute approximate surface area is 179 Å². The number of halogens is 1. The van der Waals surface area contributed by atoms with Gasteiger partial charge in [-0.05, 0) is 67.2 Å². The standard InChI is InChI=1S/C21H25BrN4OS/c1-21(2,3)27-14-19-24-20(15-8-9-18(28-4)17(22)13-15)26(25-19)12-10-16-7-5-6-11-23-16/h5-9,11,13H,10,12,14H2,1-4H3. The molecule has 0 aliphatic carbocycles. The van der Waals surface area contributed by atoms with Crippen LogP contribution in [0, 0.1) is 0 Å². The maximum Gasteiger partial charge on any atom is 0.176 e. The predicted octanol–water partition coefficient (Wildman–Crippen LogP) is 5.38. The van der Waals surface area contributed by atoms with Crippen molar-refractivity contribution in [1.82, 2.24) is 19.7 Å². The third-order valence-electron chi connectivity index (χ3n) is 4.07. The van der Waals surface area contributed by atoms with Crippen molar-refractivity contribution in [3.8, 4) is 11.4 Å². The average Bonchev–Trinajstić information content (AvgIpc) is 3.08. The van der Waals surface area contributed by atoms with Gasteiger partial charge < -0.3 is 4.74 Å². The first-order valence-electron chi connectivity index (χ1n) is 9.17. The van der Waals surface area contributed by atoms with E-state index >= 15 is 0 Å². The van der Waals surface area contributed by atoms with Crippen LogP contribution in [0.1, 0.15) is 32.3 Å². The largest absolute Gasteiger partial charge is 0.368 e. The Kier molecular flexibility index (Phi) is 6.91. The van der Waals surface area contributed by atoms with Gasteiger partial charge in [0.2, 0.25) is 0 Å². The Morgan fingerprint density at radius 3 is 2.64 bits per heavy atom. The summed E-state index contributed by atoms with van der Waals surface area (Å²) in [6.07, 6.45) is 4.68. The summed E-state index contributed by atoms with van der Waals surface area (Å²) in [4.78, 5) is 10.4. The number of aryl methyl sites for hydroxylation is 2. The number of benzene rings is 1. The maximum atomic E-state index is 5.88. The number of rotatable bonds is 7. The van der Waals surface area contributed by atoms with Gasteiger partial charge in [0.25, 0.3) is 0 Å². The van der Waals surface area contributed by atoms with Gasteiger partial charge in [-0.1, -0.05) is 12.1 Å². The lowest BCUT2D eigenvalue weighted by Crippen LogP contribution is -2.19. The van der Waals surface area contributed by atoms with Crippen LogP contribution in [0.5, 0.6) is 0 Å². The highest BCUT2D eigenvalue weighted by Gasteiger charge is 2.17. The fraction of sp³-hybridized carbons (Fsp3) is 0.381. The van der Waals surface area contributed by atoms with E-state index in [2.05, 4.69) is 45.4 Å². The van der Waals surface area contributed by atoms with E-state index < -0.39 is 0 Å². The van der Waals surface area contributed by atoms with Gasteiger partial charge in [0.1, 0.15) is 6.61 Å². The molecular weight excluding hydrogens is 436 g/mol. The molecule has 3 rings (SSSR count). The fourth-order valence-electron chi connectivity index (χ4n) is 2.67. The van der Waals surface area contributed by atoms with E-state index in [9.17, 15) is 0 Å². The van der Waals surface area contributed by atoms with Crippen LogP contribution in [0.15, 0.2) is 52.0 Å². The van der Waals surface area contributed by atoms with E-state index in [0.717, 1.165) is 28.0 Å². The number of aromatic nitrogens is 4. The molecule has 0 aliphatic rings. The van der Waals surface area contributed by atoms with Crippen LogP contribution in [0.2, 0.25) is 0 Å². The van der Waals surface area contributed by atoms with Crippen LogP contribution in [0.4, 0.5) is 0 Å². The second-order valence-corrected chi connectivity index (χ2v) is 9.10. The zero-order chi connectivity index (χ0) is 20.1. The lowest BCUT2D eigenvalue weighted by molar-refractivity contribution is -0.0181. The summed E-state index contributed by atoms with van der Waals surface area (Å²) in [5.74, 6) is 1.54. The normalized spacial score (nSPS) is 11.8. The van der Waals surface area contributed by atoms with Crippen LogP contribution in [-0.2, 0) is 24.3 Å². The van der Waals surface area contributed by atoms with Crippen LogP contribution < -0.4 is 0 Å². The first-order chi connectivity index (χ1) is 13.4. The molecule has 5 nitrogen and oxygen atoms in total. The van der Waals surface area contributed by atoms with Crippen LogP contribution in [0.25, 0.3) is 11.4 Å². The van der Waals surface area contributed by atoms with Crippen molar-refractivity contribution in [2.75, 3.05) is 6.26 Å². The SMILES string of the molecule is CSc1ccc(-c2nc(COC(C)(C)C)nn2CCc2ccccn2)cc1Br. The Bertz CT molecular complexity index is 922. The lowest BCUT2D eigenvalue weighted by atomic mass is 10.2. The molecule has 0 fully saturated rings. The molecule has 0 aliphatic heterocycles. The van der Waals surface area contributed by atoms with Gasteiger partial charge in [-0.15, -0.1) is 11.8 Å². The number of ether oxygens (including phenoxy) is 1. The van der Waals surface area contributed by atoms with Gasteiger partial charge in [0.15, 0.2) is 11.6 Å². The Morgan fingerprint density at radius 2 is 2.00 bits per heavy atom. The van der Waals surface area contributed by atoms with Gasteiger partial charge in [0.05, 0.1) is 5.60 Å². The fourth-order valence-corrected chi connectivity index (χ4v) is 4.00. The average molecular weight is 461 g/mol. The van der Waals surface area contributed by atoms with Crippen molar-refractivity contribution in [3.05, 3.63) is 58.6 Å². The van der Waals surface area contributed by atoms with Gasteiger partial charge in [-0.25, -0.2) is 9.67 Å². The molecule has 0 spiro atoms. The van der Waals surface area contributed by atoms with E-state index in [1.54, 1.807) is 11.8 Å². The molecule has 1 aromatic carbocycles. The van der Waals surface area contributed by atoms with Gasteiger partial charge in [0, 0.05) is 39.8 Å². The van der Waals surface area contributed by atoms with E-state index in [1.807, 2.05) is 49.8 Å². The topological polar surface area (TPSA) is 52.8 Å². The van der Waals surface area contributed by atoms with Crippen molar-refractivity contribution in [2.24, 2.45) is 0 Å². The number of pyridine rings is 1. The van der Waals surface area contributed by atoms with E-state index in [4.69, 9.17) is 14.8 Å². The summed E-state index contributed by atoms with van der Waals surface area (Å²) in [6.45, 7) is 7.19. The summed E-state index contributed by atoms with van der Waals surface area (Å²) in [7, 11) is 0. The van der Waals surface area contributed by atoms with Gasteiger partial charge in [-0.2, -0.15) is 5.10 Å². The molecule has 0 amide bonds. The maximum absolute atomic E-state index is 5.88. The van der Waals surface area contributed by atoms with Crippen molar-refractivity contribution in [3.63, 3.8) is 0 Å². The zero-order valence-corrected chi connectivity index (χ0v) is 19.0. The molecule has 0 radical (unpaired) electrons. The third kappa shape index (κ3) is 5.65. The van der Waals surface area contributed by atoms with E-state index in [1.165, 1.54) is 4.90 Å². The molecule has 0 saturated carbocycles. The molecule has 28 heavy (non-hydrogen) atoms. The monoisotopic (exact) mass is 460 g/mol. The Balaban J connectivity index is 1.89. The highest BCUT2D eigenvalue weighted by molar-refractivity contribution is 9.10. The highest BCUT2D eigenvalue weighted by Crippen LogP contribution is 2.30. The molecule has 0 atom stereocenters. The highest BCUT2D eigenvalue weighted by atomic mass is 79.9. The smallest absolute Gasteiger partial charge is 0.176 e. The molecule has 0 bridgehead atoms. The second-order valence-electron chi connectivity index (χ2n) is 7.40. The number of nitrogens with zero attached hydrogens (tertiary/aromatic N) is 4. The minimum Gasteiger partial charge on any atom is -0.368 e. The van der Waals surface area contributed by atoms with Crippen LogP contribution >= 0.6 is 27.7 Å². The van der Waals surface area contributed by atoms with Crippen molar-refractivity contribution >= 4 is 27.7 Å². The summed E-state index contributed by atoms with van der Waals surface area (Å²) in [6, 6.07) is 12.3. The summed E-state index contributed by atoms with van der Waals surface area (Å²) < 4.78 is 8.89. The molecule has 3 aromatic rings. The summed E-state index contributed by atoms with van der Waals surface area (Å²) in [5, 5.41) is 4.71. The quantitative estimate of drug-likeness (QED) is 0.442. The Hall–Kier alpha value is -1.70. The molecule has 148 valence electrons. The van der Waals surface area contributed by atoms with Crippen LogP contribution in [-0.4, -0.2) is 31.6 Å². The Morgan fingerprint density at radius 1 is 1.18 bits per heavy atom. The first-order valence-corrected chi connectivity index (χ1v) is 11.2. The summed E-state index contributed by atoms with van der Waals surface area (Å²) in [5.41, 5.74) is 1.83. The molecule has 0 unspecified atom stereocenters. The lowest BCUT2D eigenvalue weighted by Gasteiger charge is -2.17. The molecule has 2 heterocycles. The molecule has 2 aromatic heterocycles. The zero-order valence-electron chi connectivity index (χ0n) is 16.6. The number of hydrogen-bond donors (Lipinski definition) is 0. The van der Waals surface area contributed by atoms with Crippen molar-refractivity contribution in [1.29, 1.82) is 0 Å². The number of hydrogen-bond acceptors (Lipinski definition) is 5. The minimum atomic E-state index is -0.234. The van der Waals surface area contributed by atoms with E-state index in [0.29, 0.717) is 19.0 Å². The summed E-state index contributed by atoms with van der Waals surface area (Å²) >= 11 is 5.36. The number of thioether (sulfide) groups is 1. The minimum absolute atomic E-state index is 0.234. The van der Waals surface area contributed by atoms with Crippen molar-refractivity contribution < 1.29 is 4.74 Å². The first kappa shape index (κ1) is 21.0. The van der Waals surface area contributed by atoms with Crippen LogP contribution in [0.3, 0.4) is 0 Å². The molecule has 7 heteroatoms. The second kappa shape index (κ2) is 9.20. The third-order valence-corrected chi connectivity index (χ3v) is 5.78. The van der Waals surface area contributed by atoms with Gasteiger partial charge in [-0.3, -0.25) is 4.98 Å². The molecular formula is C21H25BrN4OS. The molecule has 0 N–H and O–H groups in total. The molecule has 0 saturated heterocycles. The van der Waals surface area contributed by atoms with Crippen molar-refractivity contribution in [2.45, 2.75) is 50.8 Å². The predicted molar refractivity (Wildman–Crippen MR) is 117 cm³/mol.